The van der Waals surface area contributed by atoms with Crippen molar-refractivity contribution in [3.63, 3.8) is 0 Å². The van der Waals surface area contributed by atoms with Gasteiger partial charge >= 0.3 is 0 Å². The second-order valence-corrected chi connectivity index (χ2v) is 2.77. The molecular weight excluding hydrogens is 150 g/mol. The van der Waals surface area contributed by atoms with Crippen LogP contribution in [0, 0.1) is 0 Å². The molecule has 1 aromatic rings. The molecule has 1 N–H and O–H groups in total. The number of aromatic nitrogens is 2. The van der Waals surface area contributed by atoms with Gasteiger partial charge in [0, 0.05) is 18.7 Å². The van der Waals surface area contributed by atoms with E-state index >= 15 is 0 Å². The Labute approximate surface area is 73.8 Å². The number of nitrogens with one attached hydrogen (secondary N) is 1. The quantitative estimate of drug-likeness (QED) is 0.741. The largest absolute Gasteiger partial charge is 0.357 e. The van der Waals surface area contributed by atoms with Crippen molar-refractivity contribution in [1.82, 2.24) is 10.2 Å². The first-order valence-electron chi connectivity index (χ1n) is 4.60. The highest BCUT2D eigenvalue weighted by Crippen LogP contribution is 2.16. The molecule has 0 bridgehead atoms. The molecule has 0 aliphatic rings. The first kappa shape index (κ1) is 9.10. The van der Waals surface area contributed by atoms with Crippen molar-refractivity contribution in [1.29, 1.82) is 0 Å². The third kappa shape index (κ3) is 1.60. The van der Waals surface area contributed by atoms with Crippen molar-refractivity contribution in [2.45, 2.75) is 27.2 Å². The molecule has 0 atom stereocenters. The molecule has 68 valence electrons. The van der Waals surface area contributed by atoms with Crippen LogP contribution >= 0.6 is 0 Å². The van der Waals surface area contributed by atoms with Crippen LogP contribution in [0.15, 0.2) is 6.20 Å². The van der Waals surface area contributed by atoms with E-state index < -0.39 is 0 Å². The van der Waals surface area contributed by atoms with E-state index in [4.69, 9.17) is 0 Å². The number of nitrogens with zero attached hydrogens (tertiary/aromatic N) is 2. The van der Waals surface area contributed by atoms with Crippen LogP contribution < -0.4 is 4.90 Å². The first-order valence-corrected chi connectivity index (χ1v) is 4.60. The summed E-state index contributed by atoms with van der Waals surface area (Å²) in [7, 11) is 0. The zero-order valence-electron chi connectivity index (χ0n) is 8.09. The summed E-state index contributed by atoms with van der Waals surface area (Å²) in [6.07, 6.45) is 2.95. The lowest BCUT2D eigenvalue weighted by Crippen LogP contribution is -2.23. The van der Waals surface area contributed by atoms with Gasteiger partial charge in [-0.25, -0.2) is 0 Å². The molecule has 0 fully saturated rings. The molecular formula is C9H17N3. The van der Waals surface area contributed by atoms with Gasteiger partial charge in [0.25, 0.3) is 0 Å². The van der Waals surface area contributed by atoms with Crippen molar-refractivity contribution >= 4 is 5.82 Å². The summed E-state index contributed by atoms with van der Waals surface area (Å²) in [5.74, 6) is 1.18. The van der Waals surface area contributed by atoms with Crippen LogP contribution in [0.1, 0.15) is 26.3 Å². The molecule has 12 heavy (non-hydrogen) atoms. The van der Waals surface area contributed by atoms with Crippen LogP contribution in [-0.2, 0) is 6.42 Å². The highest BCUT2D eigenvalue weighted by Gasteiger charge is 2.07. The summed E-state index contributed by atoms with van der Waals surface area (Å²) in [4.78, 5) is 2.28. The molecule has 0 aliphatic carbocycles. The average Bonchev–Trinajstić information content (AvgIpc) is 2.55. The van der Waals surface area contributed by atoms with Gasteiger partial charge in [-0.05, 0) is 20.3 Å². The Morgan fingerprint density at radius 3 is 2.50 bits per heavy atom. The Bertz CT molecular complexity index is 225. The third-order valence-electron chi connectivity index (χ3n) is 2.16. The molecule has 1 heterocycles. The molecule has 0 aromatic carbocycles. The van der Waals surface area contributed by atoms with Gasteiger partial charge < -0.3 is 4.90 Å². The molecule has 3 nitrogen and oxygen atoms in total. The maximum Gasteiger partial charge on any atom is 0.127 e. The fourth-order valence-electron chi connectivity index (χ4n) is 1.38. The van der Waals surface area contributed by atoms with E-state index in [2.05, 4.69) is 35.9 Å². The second kappa shape index (κ2) is 4.14. The number of hydrogen-bond donors (Lipinski definition) is 1. The van der Waals surface area contributed by atoms with Crippen molar-refractivity contribution in [2.75, 3.05) is 18.0 Å². The summed E-state index contributed by atoms with van der Waals surface area (Å²) in [6.45, 7) is 8.53. The monoisotopic (exact) mass is 167 g/mol. The van der Waals surface area contributed by atoms with E-state index in [9.17, 15) is 0 Å². The number of aryl methyl sites for hydroxylation is 1. The van der Waals surface area contributed by atoms with E-state index in [1.807, 2.05) is 6.20 Å². The lowest BCUT2D eigenvalue weighted by Gasteiger charge is -2.19. The Hall–Kier alpha value is -0.990. The molecule has 1 aromatic heterocycles. The van der Waals surface area contributed by atoms with Gasteiger partial charge in [-0.1, -0.05) is 6.92 Å². The van der Waals surface area contributed by atoms with Crippen molar-refractivity contribution in [3.05, 3.63) is 11.8 Å². The van der Waals surface area contributed by atoms with Gasteiger partial charge in [0.2, 0.25) is 0 Å². The van der Waals surface area contributed by atoms with Crippen molar-refractivity contribution in [3.8, 4) is 0 Å². The average molecular weight is 167 g/mol. The molecule has 0 saturated carbocycles. The van der Waals surface area contributed by atoms with E-state index in [1.165, 1.54) is 11.4 Å². The van der Waals surface area contributed by atoms with Gasteiger partial charge in [-0.2, -0.15) is 5.10 Å². The number of anilines is 1. The Balaban J connectivity index is 2.83. The number of hydrogen-bond acceptors (Lipinski definition) is 2. The minimum atomic E-state index is 1.03. The van der Waals surface area contributed by atoms with Gasteiger partial charge in [0.15, 0.2) is 0 Å². The number of H-pyrrole nitrogens is 1. The maximum atomic E-state index is 4.04. The summed E-state index contributed by atoms with van der Waals surface area (Å²) in [6, 6.07) is 0. The molecule has 0 radical (unpaired) electrons. The number of aromatic amines is 1. The summed E-state index contributed by atoms with van der Waals surface area (Å²) >= 11 is 0. The van der Waals surface area contributed by atoms with Crippen molar-refractivity contribution in [2.24, 2.45) is 0 Å². The fraction of sp³-hybridized carbons (Fsp3) is 0.667. The molecule has 1 rings (SSSR count). The highest BCUT2D eigenvalue weighted by molar-refractivity contribution is 5.45. The van der Waals surface area contributed by atoms with Gasteiger partial charge in [-0.3, -0.25) is 5.10 Å². The normalized spacial score (nSPS) is 10.2. The zero-order chi connectivity index (χ0) is 8.97. The van der Waals surface area contributed by atoms with E-state index in [1.54, 1.807) is 0 Å². The lowest BCUT2D eigenvalue weighted by molar-refractivity contribution is 0.832. The minimum Gasteiger partial charge on any atom is -0.357 e. The van der Waals surface area contributed by atoms with Gasteiger partial charge in [0.05, 0.1) is 6.20 Å². The molecule has 0 saturated heterocycles. The van der Waals surface area contributed by atoms with Crippen LogP contribution in [0.4, 0.5) is 5.82 Å². The van der Waals surface area contributed by atoms with Crippen LogP contribution in [-0.4, -0.2) is 23.3 Å². The lowest BCUT2D eigenvalue weighted by atomic mass is 10.2. The number of rotatable bonds is 4. The topological polar surface area (TPSA) is 31.9 Å². The zero-order valence-corrected chi connectivity index (χ0v) is 8.09. The SMILES string of the molecule is CCc1cn[nH]c1N(CC)CC. The summed E-state index contributed by atoms with van der Waals surface area (Å²) < 4.78 is 0. The Morgan fingerprint density at radius 1 is 1.33 bits per heavy atom. The van der Waals surface area contributed by atoms with E-state index in [-0.39, 0.29) is 0 Å². The predicted octanol–water partition coefficient (Wildman–Crippen LogP) is 1.82. The van der Waals surface area contributed by atoms with E-state index in [0.29, 0.717) is 0 Å². The second-order valence-electron chi connectivity index (χ2n) is 2.77. The fourth-order valence-corrected chi connectivity index (χ4v) is 1.38. The molecule has 0 amide bonds. The summed E-state index contributed by atoms with van der Waals surface area (Å²) in [5.41, 5.74) is 1.30. The third-order valence-corrected chi connectivity index (χ3v) is 2.16. The highest BCUT2D eigenvalue weighted by atomic mass is 15.3. The minimum absolute atomic E-state index is 1.03. The smallest absolute Gasteiger partial charge is 0.127 e. The van der Waals surface area contributed by atoms with Gasteiger partial charge in [0.1, 0.15) is 5.82 Å². The van der Waals surface area contributed by atoms with Crippen LogP contribution in [0.25, 0.3) is 0 Å². The van der Waals surface area contributed by atoms with Crippen LogP contribution in [0.2, 0.25) is 0 Å². The predicted molar refractivity (Wildman–Crippen MR) is 51.5 cm³/mol. The standard InChI is InChI=1S/C9H17N3/c1-4-8-7-10-11-9(8)12(5-2)6-3/h7H,4-6H2,1-3H3,(H,10,11). The molecule has 3 heteroatoms. The molecule has 0 spiro atoms. The van der Waals surface area contributed by atoms with Crippen molar-refractivity contribution < 1.29 is 0 Å². The van der Waals surface area contributed by atoms with Crippen LogP contribution in [0.5, 0.6) is 0 Å². The van der Waals surface area contributed by atoms with Gasteiger partial charge in [-0.15, -0.1) is 0 Å². The summed E-state index contributed by atoms with van der Waals surface area (Å²) in [5, 5.41) is 7.08. The van der Waals surface area contributed by atoms with Crippen LogP contribution in [0.3, 0.4) is 0 Å². The first-order chi connectivity index (χ1) is 5.83. The maximum absolute atomic E-state index is 4.04. The Kier molecular flexibility index (Phi) is 3.14. The molecule has 0 aliphatic heterocycles. The van der Waals surface area contributed by atoms with E-state index in [0.717, 1.165) is 19.5 Å². The Morgan fingerprint density at radius 2 is 2.00 bits per heavy atom. The molecule has 0 unspecified atom stereocenters.